The van der Waals surface area contributed by atoms with Crippen LogP contribution in [0.4, 0.5) is 18.9 Å². The van der Waals surface area contributed by atoms with Crippen LogP contribution in [0.25, 0.3) is 0 Å². The highest BCUT2D eigenvalue weighted by atomic mass is 32.2. The first-order valence-electron chi connectivity index (χ1n) is 9.02. The number of non-ortho nitro benzene ring substituents is 1. The largest absolute Gasteiger partial charge is 0.741 e. The van der Waals surface area contributed by atoms with Crippen molar-refractivity contribution in [1.29, 1.82) is 0 Å². The average Bonchev–Trinajstić information content (AvgIpc) is 2.60. The number of halogens is 3. The zero-order chi connectivity index (χ0) is 23.9. The van der Waals surface area contributed by atoms with E-state index in [-0.39, 0.29) is 21.5 Å². The van der Waals surface area contributed by atoms with Gasteiger partial charge in [-0.2, -0.15) is 13.2 Å². The maximum atomic E-state index is 10.8. The minimum absolute atomic E-state index is 0.168. The highest BCUT2D eigenvalue weighted by Gasteiger charge is 2.37. The molecule has 0 aromatic heterocycles. The van der Waals surface area contributed by atoms with Crippen molar-refractivity contribution in [3.63, 3.8) is 0 Å². The summed E-state index contributed by atoms with van der Waals surface area (Å²) in [6.07, 6.45) is 0. The standard InChI is InChI=1S/C18H24NO2SSi.CHF3O3S/c1-23(2,3)15-22(13-16-7-5-4-6-8-16)14-17-9-11-18(12-10-17)19(20)21;2-1(3,4)8(5,6)7/h4-12H,13-15H2,1-3H3;(H,5,6,7)/q+1;/p-1. The number of alkyl halides is 3. The van der Waals surface area contributed by atoms with Crippen molar-refractivity contribution in [3.8, 4) is 0 Å². The summed E-state index contributed by atoms with van der Waals surface area (Å²) in [6, 6.07) is 17.7. The van der Waals surface area contributed by atoms with Crippen LogP contribution in [-0.4, -0.2) is 36.9 Å². The summed E-state index contributed by atoms with van der Waals surface area (Å²) in [5, 5.41) is 12.1. The molecule has 0 fully saturated rings. The molecule has 0 radical (unpaired) electrons. The van der Waals surface area contributed by atoms with E-state index in [1.807, 2.05) is 12.1 Å². The van der Waals surface area contributed by atoms with Crippen molar-refractivity contribution < 1.29 is 31.1 Å². The molecule has 0 saturated heterocycles. The Balaban J connectivity index is 0.000000512. The van der Waals surface area contributed by atoms with Gasteiger partial charge in [0.2, 0.25) is 0 Å². The molecule has 0 amide bonds. The molecule has 12 heteroatoms. The molecule has 2 aromatic carbocycles. The minimum Gasteiger partial charge on any atom is -0.741 e. The first kappa shape index (κ1) is 27.1. The van der Waals surface area contributed by atoms with Gasteiger partial charge in [0.25, 0.3) is 5.69 Å². The van der Waals surface area contributed by atoms with Gasteiger partial charge in [-0.25, -0.2) is 8.42 Å². The Labute approximate surface area is 183 Å². The number of nitrogens with zero attached hydrogens (tertiary/aromatic N) is 1. The minimum atomic E-state index is -6.09. The number of rotatable bonds is 7. The van der Waals surface area contributed by atoms with Gasteiger partial charge in [0, 0.05) is 23.3 Å². The van der Waals surface area contributed by atoms with E-state index in [9.17, 15) is 23.3 Å². The maximum Gasteiger partial charge on any atom is 0.485 e. The lowest BCUT2D eigenvalue weighted by Gasteiger charge is -2.17. The SMILES string of the molecule is C[Si](C)(C)C[S+](Cc1ccccc1)Cc1ccc([N+](=O)[O-])cc1.O=S(=O)([O-])C(F)(F)F. The van der Waals surface area contributed by atoms with Crippen molar-refractivity contribution in [1.82, 2.24) is 0 Å². The highest BCUT2D eigenvalue weighted by Crippen LogP contribution is 2.21. The molecule has 31 heavy (non-hydrogen) atoms. The molecule has 0 bridgehead atoms. The third kappa shape index (κ3) is 10.8. The fraction of sp³-hybridized carbons (Fsp3) is 0.368. The van der Waals surface area contributed by atoms with Crippen LogP contribution in [0.3, 0.4) is 0 Å². The van der Waals surface area contributed by atoms with E-state index >= 15 is 0 Å². The number of nitro groups is 1. The second kappa shape index (κ2) is 11.1. The number of hydrogen-bond acceptors (Lipinski definition) is 5. The molecular formula is C19H24F3NO5S2Si. The summed E-state index contributed by atoms with van der Waals surface area (Å²) in [6.45, 7) is 7.23. The fourth-order valence-corrected chi connectivity index (χ4v) is 9.67. The van der Waals surface area contributed by atoms with Crippen molar-refractivity contribution >= 4 is 34.8 Å². The van der Waals surface area contributed by atoms with Crippen LogP contribution in [0.15, 0.2) is 54.6 Å². The van der Waals surface area contributed by atoms with E-state index in [0.29, 0.717) is 0 Å². The quantitative estimate of drug-likeness (QED) is 0.137. The predicted octanol–water partition coefficient (Wildman–Crippen LogP) is 4.84. The lowest BCUT2D eigenvalue weighted by molar-refractivity contribution is -0.384. The van der Waals surface area contributed by atoms with Crippen LogP contribution in [0, 0.1) is 10.1 Å². The molecule has 172 valence electrons. The summed E-state index contributed by atoms with van der Waals surface area (Å²) in [7, 11) is -6.96. The van der Waals surface area contributed by atoms with Crippen LogP contribution >= 0.6 is 0 Å². The van der Waals surface area contributed by atoms with Gasteiger partial charge in [-0.15, -0.1) is 0 Å². The van der Waals surface area contributed by atoms with Crippen LogP contribution < -0.4 is 0 Å². The zero-order valence-corrected chi connectivity index (χ0v) is 19.9. The van der Waals surface area contributed by atoms with Gasteiger partial charge in [0.15, 0.2) is 10.1 Å². The van der Waals surface area contributed by atoms with Gasteiger partial charge >= 0.3 is 5.51 Å². The number of hydrogen-bond donors (Lipinski definition) is 0. The van der Waals surface area contributed by atoms with Gasteiger partial charge in [0.1, 0.15) is 19.6 Å². The van der Waals surface area contributed by atoms with Gasteiger partial charge in [-0.1, -0.05) is 50.0 Å². The van der Waals surface area contributed by atoms with E-state index in [4.69, 9.17) is 13.0 Å². The van der Waals surface area contributed by atoms with Gasteiger partial charge in [-0.05, 0) is 23.0 Å². The van der Waals surface area contributed by atoms with Crippen molar-refractivity contribution in [2.24, 2.45) is 0 Å². The second-order valence-electron chi connectivity index (χ2n) is 7.92. The Hall–Kier alpha value is -1.89. The van der Waals surface area contributed by atoms with E-state index < -0.39 is 23.7 Å². The smallest absolute Gasteiger partial charge is 0.485 e. The molecule has 0 saturated carbocycles. The van der Waals surface area contributed by atoms with E-state index in [1.54, 1.807) is 12.1 Å². The van der Waals surface area contributed by atoms with Crippen LogP contribution in [0.5, 0.6) is 0 Å². The second-order valence-corrected chi connectivity index (χ2v) is 17.4. The van der Waals surface area contributed by atoms with Crippen LogP contribution in [0.1, 0.15) is 11.1 Å². The highest BCUT2D eigenvalue weighted by molar-refractivity contribution is 7.97. The average molecular weight is 496 g/mol. The lowest BCUT2D eigenvalue weighted by Crippen LogP contribution is -2.33. The summed E-state index contributed by atoms with van der Waals surface area (Å²) in [5.74, 6) is 2.11. The Morgan fingerprint density at radius 1 is 0.935 bits per heavy atom. The molecule has 0 aliphatic carbocycles. The third-order valence-corrected chi connectivity index (χ3v) is 10.8. The van der Waals surface area contributed by atoms with E-state index in [2.05, 4.69) is 50.0 Å². The molecule has 0 aliphatic heterocycles. The molecule has 1 atom stereocenters. The van der Waals surface area contributed by atoms with Gasteiger partial charge in [0.05, 0.1) is 10.3 Å². The molecule has 0 heterocycles. The Morgan fingerprint density at radius 2 is 1.35 bits per heavy atom. The molecule has 0 N–H and O–H groups in total. The monoisotopic (exact) mass is 495 g/mol. The van der Waals surface area contributed by atoms with E-state index in [0.717, 1.165) is 11.5 Å². The molecular weight excluding hydrogens is 471 g/mol. The van der Waals surface area contributed by atoms with Crippen LogP contribution in [0.2, 0.25) is 19.6 Å². The lowest BCUT2D eigenvalue weighted by atomic mass is 10.2. The van der Waals surface area contributed by atoms with Crippen LogP contribution in [-0.2, 0) is 32.5 Å². The molecule has 2 aromatic rings. The fourth-order valence-electron chi connectivity index (χ4n) is 2.52. The van der Waals surface area contributed by atoms with Crippen molar-refractivity contribution in [2.45, 2.75) is 36.7 Å². The van der Waals surface area contributed by atoms with Crippen molar-refractivity contribution in [3.05, 3.63) is 75.8 Å². The maximum absolute atomic E-state index is 10.8. The first-order valence-corrected chi connectivity index (χ1v) is 15.9. The van der Waals surface area contributed by atoms with Gasteiger partial charge < -0.3 is 4.55 Å². The molecule has 6 nitrogen and oxygen atoms in total. The summed E-state index contributed by atoms with van der Waals surface area (Å²) in [5.41, 5.74) is -2.89. The summed E-state index contributed by atoms with van der Waals surface area (Å²) in [4.78, 5) is 10.4. The molecule has 1 unspecified atom stereocenters. The molecule has 0 aliphatic rings. The van der Waals surface area contributed by atoms with Crippen molar-refractivity contribution in [2.75, 3.05) is 5.38 Å². The Morgan fingerprint density at radius 3 is 1.71 bits per heavy atom. The van der Waals surface area contributed by atoms with Gasteiger partial charge in [-0.3, -0.25) is 10.1 Å². The Bertz CT molecular complexity index is 947. The zero-order valence-electron chi connectivity index (χ0n) is 17.3. The topological polar surface area (TPSA) is 100 Å². The number of nitro benzene ring substituents is 1. The van der Waals surface area contributed by atoms with E-state index in [1.165, 1.54) is 16.5 Å². The number of benzene rings is 2. The summed E-state index contributed by atoms with van der Waals surface area (Å²) < 4.78 is 58.9. The molecule has 0 spiro atoms. The third-order valence-electron chi connectivity index (χ3n) is 3.65. The normalized spacial score (nSPS) is 13.1. The Kier molecular flexibility index (Phi) is 9.73. The summed E-state index contributed by atoms with van der Waals surface area (Å²) >= 11 is 0. The molecule has 2 rings (SSSR count). The first-order chi connectivity index (χ1) is 14.1. The predicted molar refractivity (Wildman–Crippen MR) is 118 cm³/mol.